The van der Waals surface area contributed by atoms with E-state index in [0.717, 1.165) is 43.4 Å². The molecule has 0 aliphatic heterocycles. The Morgan fingerprint density at radius 2 is 1.96 bits per heavy atom. The van der Waals surface area contributed by atoms with E-state index >= 15 is 0 Å². The molecule has 0 heterocycles. The maximum Gasteiger partial charge on any atom is 0.222 e. The number of amides is 1. The highest BCUT2D eigenvalue weighted by Gasteiger charge is 2.25. The zero-order chi connectivity index (χ0) is 16.7. The summed E-state index contributed by atoms with van der Waals surface area (Å²) in [4.78, 5) is 14.1. The van der Waals surface area contributed by atoms with Gasteiger partial charge in [0.2, 0.25) is 5.91 Å². The van der Waals surface area contributed by atoms with Gasteiger partial charge in [-0.05, 0) is 43.9 Å². The minimum absolute atomic E-state index is 0.150. The molecule has 1 fully saturated rings. The quantitative estimate of drug-likeness (QED) is 0.840. The number of nitrogens with zero attached hydrogens (tertiary/aromatic N) is 1. The predicted molar refractivity (Wildman–Crippen MR) is 91.5 cm³/mol. The molecular formula is C19H29NO3. The number of aliphatic hydroxyl groups excluding tert-OH is 1. The predicted octanol–water partition coefficient (Wildman–Crippen LogP) is 3.03. The van der Waals surface area contributed by atoms with Crippen molar-refractivity contribution in [2.45, 2.75) is 51.6 Å². The Kier molecular flexibility index (Phi) is 6.90. The van der Waals surface area contributed by atoms with Crippen molar-refractivity contribution in [3.8, 4) is 5.75 Å². The van der Waals surface area contributed by atoms with Crippen molar-refractivity contribution in [2.24, 2.45) is 5.92 Å². The van der Waals surface area contributed by atoms with E-state index in [9.17, 15) is 9.90 Å². The number of hydrogen-bond donors (Lipinski definition) is 1. The lowest BCUT2D eigenvalue weighted by atomic mass is 9.86. The molecule has 1 saturated carbocycles. The van der Waals surface area contributed by atoms with E-state index in [0.29, 0.717) is 19.6 Å². The fraction of sp³-hybridized carbons (Fsp3) is 0.632. The van der Waals surface area contributed by atoms with Crippen LogP contribution in [-0.4, -0.2) is 42.2 Å². The Morgan fingerprint density at radius 1 is 1.26 bits per heavy atom. The lowest BCUT2D eigenvalue weighted by molar-refractivity contribution is -0.131. The zero-order valence-electron chi connectivity index (χ0n) is 14.3. The summed E-state index contributed by atoms with van der Waals surface area (Å²) >= 11 is 0. The minimum atomic E-state index is -0.245. The van der Waals surface area contributed by atoms with Crippen LogP contribution in [0.4, 0.5) is 0 Å². The van der Waals surface area contributed by atoms with Gasteiger partial charge >= 0.3 is 0 Å². The fourth-order valence-corrected chi connectivity index (χ4v) is 3.22. The lowest BCUT2D eigenvalue weighted by Crippen LogP contribution is -2.38. The average Bonchev–Trinajstić information content (AvgIpc) is 2.56. The largest absolute Gasteiger partial charge is 0.494 e. The van der Waals surface area contributed by atoms with Crippen LogP contribution in [0.3, 0.4) is 0 Å². The van der Waals surface area contributed by atoms with Crippen molar-refractivity contribution in [3.05, 3.63) is 29.8 Å². The molecule has 4 heteroatoms. The summed E-state index contributed by atoms with van der Waals surface area (Å²) in [7, 11) is 1.85. The monoisotopic (exact) mass is 319 g/mol. The second-order valence-electron chi connectivity index (χ2n) is 6.46. The van der Waals surface area contributed by atoms with Gasteiger partial charge in [-0.15, -0.1) is 0 Å². The molecule has 0 saturated heterocycles. The van der Waals surface area contributed by atoms with Crippen LogP contribution >= 0.6 is 0 Å². The molecule has 0 unspecified atom stereocenters. The third kappa shape index (κ3) is 5.54. The minimum Gasteiger partial charge on any atom is -0.494 e. The van der Waals surface area contributed by atoms with Gasteiger partial charge in [0.15, 0.2) is 0 Å². The molecule has 128 valence electrons. The van der Waals surface area contributed by atoms with Crippen molar-refractivity contribution in [2.75, 3.05) is 20.2 Å². The first-order valence-corrected chi connectivity index (χ1v) is 8.74. The Bertz CT molecular complexity index is 486. The van der Waals surface area contributed by atoms with Gasteiger partial charge in [0.05, 0.1) is 12.7 Å². The van der Waals surface area contributed by atoms with E-state index in [1.54, 1.807) is 4.90 Å². The third-order valence-electron chi connectivity index (χ3n) is 4.66. The van der Waals surface area contributed by atoms with E-state index in [-0.39, 0.29) is 17.9 Å². The van der Waals surface area contributed by atoms with Crippen molar-refractivity contribution in [1.82, 2.24) is 4.90 Å². The number of benzene rings is 1. The Hall–Kier alpha value is -1.55. The summed E-state index contributed by atoms with van der Waals surface area (Å²) in [6.45, 7) is 3.30. The zero-order valence-corrected chi connectivity index (χ0v) is 14.3. The first-order valence-electron chi connectivity index (χ1n) is 8.74. The van der Waals surface area contributed by atoms with Gasteiger partial charge in [-0.3, -0.25) is 4.79 Å². The molecule has 0 bridgehead atoms. The van der Waals surface area contributed by atoms with Crippen LogP contribution in [0.1, 0.15) is 44.6 Å². The number of aryl methyl sites for hydroxylation is 1. The van der Waals surface area contributed by atoms with Gasteiger partial charge < -0.3 is 14.7 Å². The maximum absolute atomic E-state index is 12.3. The molecule has 1 aromatic rings. The molecule has 2 atom stereocenters. The van der Waals surface area contributed by atoms with Crippen molar-refractivity contribution in [1.29, 1.82) is 0 Å². The SMILES string of the molecule is CCOc1ccc(CCC(=O)N(C)C[C@H]2CCCC[C@@H]2O)cc1. The number of ether oxygens (including phenoxy) is 1. The first kappa shape index (κ1) is 17.8. The van der Waals surface area contributed by atoms with E-state index in [2.05, 4.69) is 0 Å². The standard InChI is InChI=1S/C19H29NO3/c1-3-23-17-11-8-15(9-12-17)10-13-19(22)20(2)14-16-6-4-5-7-18(16)21/h8-9,11-12,16,18,21H,3-7,10,13-14H2,1-2H3/t16-,18+/m1/s1. The van der Waals surface area contributed by atoms with E-state index in [1.165, 1.54) is 0 Å². The molecule has 1 aromatic carbocycles. The normalized spacial score (nSPS) is 21.0. The molecule has 2 rings (SSSR count). The topological polar surface area (TPSA) is 49.8 Å². The summed E-state index contributed by atoms with van der Waals surface area (Å²) in [5.41, 5.74) is 1.15. The number of hydrogen-bond acceptors (Lipinski definition) is 3. The molecule has 1 N–H and O–H groups in total. The van der Waals surface area contributed by atoms with Crippen LogP contribution in [0.2, 0.25) is 0 Å². The molecular weight excluding hydrogens is 290 g/mol. The molecule has 0 aromatic heterocycles. The van der Waals surface area contributed by atoms with Crippen LogP contribution in [0, 0.1) is 5.92 Å². The Labute approximate surface area is 139 Å². The smallest absolute Gasteiger partial charge is 0.222 e. The second kappa shape index (κ2) is 8.92. The van der Waals surface area contributed by atoms with Crippen LogP contribution < -0.4 is 4.74 Å². The van der Waals surface area contributed by atoms with Gasteiger partial charge in [0, 0.05) is 25.9 Å². The number of rotatable bonds is 7. The highest BCUT2D eigenvalue weighted by atomic mass is 16.5. The van der Waals surface area contributed by atoms with Crippen LogP contribution in [0.5, 0.6) is 5.75 Å². The molecule has 0 spiro atoms. The highest BCUT2D eigenvalue weighted by molar-refractivity contribution is 5.76. The second-order valence-corrected chi connectivity index (χ2v) is 6.46. The number of carbonyl (C=O) groups excluding carboxylic acids is 1. The summed E-state index contributed by atoms with van der Waals surface area (Å²) in [6, 6.07) is 7.93. The van der Waals surface area contributed by atoms with E-state index in [1.807, 2.05) is 38.2 Å². The lowest BCUT2D eigenvalue weighted by Gasteiger charge is -2.31. The molecule has 4 nitrogen and oxygen atoms in total. The van der Waals surface area contributed by atoms with Gasteiger partial charge in [0.1, 0.15) is 5.75 Å². The molecule has 1 amide bonds. The highest BCUT2D eigenvalue weighted by Crippen LogP contribution is 2.25. The fourth-order valence-electron chi connectivity index (χ4n) is 3.22. The summed E-state index contributed by atoms with van der Waals surface area (Å²) in [6.07, 6.45) is 5.17. The van der Waals surface area contributed by atoms with Gasteiger partial charge in [-0.25, -0.2) is 0 Å². The molecule has 23 heavy (non-hydrogen) atoms. The Morgan fingerprint density at radius 3 is 2.61 bits per heavy atom. The van der Waals surface area contributed by atoms with Crippen LogP contribution in [-0.2, 0) is 11.2 Å². The van der Waals surface area contributed by atoms with Gasteiger partial charge in [-0.1, -0.05) is 25.0 Å². The van der Waals surface area contributed by atoms with Crippen LogP contribution in [0.25, 0.3) is 0 Å². The summed E-state index contributed by atoms with van der Waals surface area (Å²) in [5.74, 6) is 1.26. The first-order chi connectivity index (χ1) is 11.1. The number of carbonyl (C=O) groups is 1. The summed E-state index contributed by atoms with van der Waals surface area (Å²) in [5, 5.41) is 10.0. The van der Waals surface area contributed by atoms with E-state index in [4.69, 9.17) is 4.74 Å². The van der Waals surface area contributed by atoms with Crippen molar-refractivity contribution >= 4 is 5.91 Å². The third-order valence-corrected chi connectivity index (χ3v) is 4.66. The van der Waals surface area contributed by atoms with Gasteiger partial charge in [0.25, 0.3) is 0 Å². The van der Waals surface area contributed by atoms with Crippen molar-refractivity contribution in [3.63, 3.8) is 0 Å². The molecule has 1 aliphatic carbocycles. The summed E-state index contributed by atoms with van der Waals surface area (Å²) < 4.78 is 5.42. The molecule has 1 aliphatic rings. The maximum atomic E-state index is 12.3. The Balaban J connectivity index is 1.76. The van der Waals surface area contributed by atoms with Gasteiger partial charge in [-0.2, -0.15) is 0 Å². The average molecular weight is 319 g/mol. The van der Waals surface area contributed by atoms with E-state index < -0.39 is 0 Å². The number of aliphatic hydroxyl groups is 1. The van der Waals surface area contributed by atoms with Crippen molar-refractivity contribution < 1.29 is 14.6 Å². The van der Waals surface area contributed by atoms with Crippen LogP contribution in [0.15, 0.2) is 24.3 Å². The molecule has 0 radical (unpaired) electrons.